The molecule has 4 atom stereocenters. The number of hydrogen-bond acceptors (Lipinski definition) is 5. The van der Waals surface area contributed by atoms with Crippen LogP contribution in [-0.4, -0.2) is 37.5 Å². The van der Waals surface area contributed by atoms with E-state index in [9.17, 15) is 0 Å². The average Bonchev–Trinajstić information content (AvgIpc) is 3.13. The standard InChI is InChI=1S/C16H20N4O2/c1-5-10-6-11(14-13(10)21-16(3,4)22-14)20-8-19-9(2)12-15(20)18-7-17-12/h5,7-8,10-11,13-14H,1,6H2,2-4H3/t10-,11+,13+,14-/m0/s1. The molecular formula is C16H20N4O2. The van der Waals surface area contributed by atoms with Crippen molar-refractivity contribution in [1.29, 1.82) is 0 Å². The maximum Gasteiger partial charge on any atom is 0.163 e. The number of ether oxygens (including phenoxy) is 2. The fraction of sp³-hybridized carbons (Fsp3) is 0.562. The summed E-state index contributed by atoms with van der Waals surface area (Å²) < 4.78 is 14.3. The van der Waals surface area contributed by atoms with Crippen LogP contribution >= 0.6 is 0 Å². The lowest BCUT2D eigenvalue weighted by Crippen LogP contribution is -2.28. The second-order valence-corrected chi connectivity index (χ2v) is 6.55. The predicted molar refractivity (Wildman–Crippen MR) is 80.3 cm³/mol. The van der Waals surface area contributed by atoms with Gasteiger partial charge in [0.15, 0.2) is 11.6 Å². The SMILES string of the molecule is C=C[C@H]1C[C@@H](n2cnc(C)c3ncnc2-3)[C@@H]2OC(C)(C)O[C@@H]21. The summed E-state index contributed by atoms with van der Waals surface area (Å²) >= 11 is 0. The quantitative estimate of drug-likeness (QED) is 0.797. The molecule has 0 unspecified atom stereocenters. The number of hydrogen-bond donors (Lipinski definition) is 0. The molecule has 0 N–H and O–H groups in total. The van der Waals surface area contributed by atoms with E-state index in [-0.39, 0.29) is 24.2 Å². The lowest BCUT2D eigenvalue weighted by Gasteiger charge is -2.25. The van der Waals surface area contributed by atoms with Crippen LogP contribution in [0.3, 0.4) is 0 Å². The predicted octanol–water partition coefficient (Wildman–Crippen LogP) is 2.35. The lowest BCUT2D eigenvalue weighted by atomic mass is 10.1. The van der Waals surface area contributed by atoms with E-state index in [2.05, 4.69) is 26.1 Å². The molecule has 0 aromatic heterocycles. The molecule has 6 heteroatoms. The van der Waals surface area contributed by atoms with Gasteiger partial charge in [0, 0.05) is 5.92 Å². The van der Waals surface area contributed by atoms with Gasteiger partial charge in [0.1, 0.15) is 18.1 Å². The van der Waals surface area contributed by atoms with Gasteiger partial charge in [-0.25, -0.2) is 15.0 Å². The fourth-order valence-electron chi connectivity index (χ4n) is 3.71. The Balaban J connectivity index is 1.77. The van der Waals surface area contributed by atoms with Crippen LogP contribution in [0, 0.1) is 12.8 Å². The third kappa shape index (κ3) is 1.90. The van der Waals surface area contributed by atoms with Gasteiger partial charge >= 0.3 is 0 Å². The zero-order chi connectivity index (χ0) is 15.5. The number of aryl methyl sites for hydroxylation is 1. The zero-order valence-corrected chi connectivity index (χ0v) is 13.1. The van der Waals surface area contributed by atoms with Gasteiger partial charge in [-0.2, -0.15) is 0 Å². The van der Waals surface area contributed by atoms with Crippen LogP contribution in [0.5, 0.6) is 0 Å². The first kappa shape index (κ1) is 13.8. The van der Waals surface area contributed by atoms with Crippen LogP contribution in [-0.2, 0) is 9.47 Å². The zero-order valence-electron chi connectivity index (χ0n) is 13.1. The molecule has 0 bridgehead atoms. The summed E-state index contributed by atoms with van der Waals surface area (Å²) in [6.45, 7) is 9.82. The largest absolute Gasteiger partial charge is 0.344 e. The molecular weight excluding hydrogens is 280 g/mol. The minimum atomic E-state index is -0.565. The number of nitrogens with zero attached hydrogens (tertiary/aromatic N) is 4. The van der Waals surface area contributed by atoms with E-state index >= 15 is 0 Å². The van der Waals surface area contributed by atoms with Crippen molar-refractivity contribution in [2.45, 2.75) is 51.2 Å². The molecule has 6 nitrogen and oxygen atoms in total. The summed E-state index contributed by atoms with van der Waals surface area (Å²) in [5.41, 5.74) is 1.74. The average molecular weight is 300 g/mol. The topological polar surface area (TPSA) is 62.1 Å². The molecule has 22 heavy (non-hydrogen) atoms. The van der Waals surface area contributed by atoms with Crippen molar-refractivity contribution in [3.8, 4) is 11.5 Å². The van der Waals surface area contributed by atoms with Crippen LogP contribution < -0.4 is 0 Å². The molecule has 0 aromatic rings. The van der Waals surface area contributed by atoms with Gasteiger partial charge in [0.05, 0.1) is 24.2 Å². The minimum Gasteiger partial charge on any atom is -0.344 e. The Kier molecular flexibility index (Phi) is 2.90. The summed E-state index contributed by atoms with van der Waals surface area (Å²) in [5.74, 6) is 0.558. The van der Waals surface area contributed by atoms with Gasteiger partial charge in [-0.05, 0) is 27.2 Å². The van der Waals surface area contributed by atoms with E-state index in [0.717, 1.165) is 23.6 Å². The second kappa shape index (κ2) is 4.60. The number of fused-ring (bicyclic) bond motifs is 2. The summed E-state index contributed by atoms with van der Waals surface area (Å²) in [5, 5.41) is 0. The Morgan fingerprint density at radius 3 is 2.82 bits per heavy atom. The van der Waals surface area contributed by atoms with E-state index in [1.807, 2.05) is 33.2 Å². The van der Waals surface area contributed by atoms with Crippen molar-refractivity contribution in [3.05, 3.63) is 31.0 Å². The Bertz CT molecular complexity index is 695. The van der Waals surface area contributed by atoms with Gasteiger partial charge in [0.2, 0.25) is 0 Å². The first-order valence-corrected chi connectivity index (χ1v) is 7.62. The third-order valence-electron chi connectivity index (χ3n) is 4.68. The Morgan fingerprint density at radius 2 is 2.05 bits per heavy atom. The Morgan fingerprint density at radius 1 is 1.27 bits per heavy atom. The maximum atomic E-state index is 6.16. The van der Waals surface area contributed by atoms with Crippen molar-refractivity contribution in [2.24, 2.45) is 5.92 Å². The highest BCUT2D eigenvalue weighted by Gasteiger charge is 2.54. The molecule has 4 aliphatic rings. The summed E-state index contributed by atoms with van der Waals surface area (Å²) in [6.07, 6.45) is 6.32. The third-order valence-corrected chi connectivity index (χ3v) is 4.68. The highest BCUT2D eigenvalue weighted by Crippen LogP contribution is 2.48. The van der Waals surface area contributed by atoms with Crippen LogP contribution in [0.2, 0.25) is 0 Å². The van der Waals surface area contributed by atoms with Crippen LogP contribution in [0.1, 0.15) is 32.0 Å². The van der Waals surface area contributed by atoms with Gasteiger partial charge in [-0.15, -0.1) is 6.58 Å². The maximum absolute atomic E-state index is 6.16. The molecule has 0 radical (unpaired) electrons. The molecule has 3 aliphatic heterocycles. The lowest BCUT2D eigenvalue weighted by molar-refractivity contribution is -0.158. The molecule has 0 spiro atoms. The van der Waals surface area contributed by atoms with E-state index in [1.165, 1.54) is 0 Å². The molecule has 1 saturated carbocycles. The number of imidazole rings is 1. The minimum absolute atomic E-state index is 0.0209. The molecule has 2 fully saturated rings. The van der Waals surface area contributed by atoms with Crippen molar-refractivity contribution < 1.29 is 9.47 Å². The van der Waals surface area contributed by atoms with Crippen molar-refractivity contribution >= 4 is 0 Å². The van der Waals surface area contributed by atoms with Crippen molar-refractivity contribution in [2.75, 3.05) is 0 Å². The molecule has 1 aliphatic carbocycles. The summed E-state index contributed by atoms with van der Waals surface area (Å²) in [6, 6.07) is 0.127. The van der Waals surface area contributed by atoms with E-state index < -0.39 is 5.79 Å². The normalized spacial score (nSPS) is 33.2. The monoisotopic (exact) mass is 300 g/mol. The van der Waals surface area contributed by atoms with Crippen LogP contribution in [0.4, 0.5) is 0 Å². The van der Waals surface area contributed by atoms with E-state index in [1.54, 1.807) is 6.33 Å². The Hall–Kier alpha value is -1.79. The first-order chi connectivity index (χ1) is 10.5. The molecule has 116 valence electrons. The first-order valence-electron chi connectivity index (χ1n) is 7.62. The molecule has 1 saturated heterocycles. The summed E-state index contributed by atoms with van der Waals surface area (Å²) in [4.78, 5) is 13.2. The number of rotatable bonds is 2. The van der Waals surface area contributed by atoms with E-state index in [0.29, 0.717) is 0 Å². The summed E-state index contributed by atoms with van der Waals surface area (Å²) in [7, 11) is 0. The van der Waals surface area contributed by atoms with E-state index in [4.69, 9.17) is 9.47 Å². The van der Waals surface area contributed by atoms with Crippen molar-refractivity contribution in [3.63, 3.8) is 0 Å². The second-order valence-electron chi connectivity index (χ2n) is 6.55. The molecule has 0 amide bonds. The van der Waals surface area contributed by atoms with Gasteiger partial charge in [-0.3, -0.25) is 0 Å². The van der Waals surface area contributed by atoms with Crippen molar-refractivity contribution in [1.82, 2.24) is 19.5 Å². The number of aromatic nitrogens is 4. The highest BCUT2D eigenvalue weighted by molar-refractivity contribution is 5.53. The molecule has 3 heterocycles. The van der Waals surface area contributed by atoms with Gasteiger partial charge in [0.25, 0.3) is 0 Å². The van der Waals surface area contributed by atoms with Crippen LogP contribution in [0.15, 0.2) is 25.3 Å². The fourth-order valence-corrected chi connectivity index (χ4v) is 3.71. The van der Waals surface area contributed by atoms with Gasteiger partial charge in [-0.1, -0.05) is 6.08 Å². The Labute approximate surface area is 129 Å². The molecule has 0 aromatic carbocycles. The highest BCUT2D eigenvalue weighted by atomic mass is 16.8. The van der Waals surface area contributed by atoms with Gasteiger partial charge < -0.3 is 14.0 Å². The molecule has 4 rings (SSSR count). The smallest absolute Gasteiger partial charge is 0.163 e. The van der Waals surface area contributed by atoms with Crippen LogP contribution in [0.25, 0.3) is 11.5 Å².